The summed E-state index contributed by atoms with van der Waals surface area (Å²) in [6.45, 7) is 4.99. The van der Waals surface area contributed by atoms with Crippen molar-refractivity contribution >= 4 is 48.0 Å². The lowest BCUT2D eigenvalue weighted by Gasteiger charge is -2.21. The maximum absolute atomic E-state index is 5.88. The van der Waals surface area contributed by atoms with Crippen LogP contribution in [0.25, 0.3) is 0 Å². The van der Waals surface area contributed by atoms with Gasteiger partial charge in [-0.15, -0.1) is 48.0 Å². The van der Waals surface area contributed by atoms with Gasteiger partial charge >= 0.3 is 0 Å². The number of hydrogen-bond donors (Lipinski definition) is 1. The monoisotopic (exact) mass is 374 g/mol. The number of nitrogens with one attached hydrogen (secondary N) is 1. The summed E-state index contributed by atoms with van der Waals surface area (Å²) in [7, 11) is 0. The van der Waals surface area contributed by atoms with Crippen LogP contribution >= 0.6 is 48.0 Å². The first-order valence-electron chi connectivity index (χ1n) is 6.95. The van der Waals surface area contributed by atoms with Crippen LogP contribution in [0.1, 0.15) is 18.4 Å². The van der Waals surface area contributed by atoms with Crippen molar-refractivity contribution in [3.8, 4) is 0 Å². The quantitative estimate of drug-likeness (QED) is 0.461. The van der Waals surface area contributed by atoms with E-state index in [4.69, 9.17) is 23.2 Å². The lowest BCUT2D eigenvalue weighted by Crippen LogP contribution is -2.27. The number of rotatable bonds is 11. The smallest absolute Gasteiger partial charge is 0.0351 e. The molecule has 0 fully saturated rings. The number of hydrogen-bond acceptors (Lipinski definition) is 2. The normalized spacial score (nSPS) is 10.0. The molecule has 6 heteroatoms. The molecule has 0 spiro atoms. The largest absolute Gasteiger partial charge is 0.316 e. The minimum Gasteiger partial charge on any atom is -0.316 e. The van der Waals surface area contributed by atoms with Crippen LogP contribution in [0.15, 0.2) is 30.3 Å². The van der Waals surface area contributed by atoms with E-state index in [9.17, 15) is 0 Å². The Balaban J connectivity index is 0. The third kappa shape index (κ3) is 12.5. The summed E-state index contributed by atoms with van der Waals surface area (Å²) in [6.07, 6.45) is 2.38. The van der Waals surface area contributed by atoms with Crippen molar-refractivity contribution in [3.05, 3.63) is 35.9 Å². The van der Waals surface area contributed by atoms with Crippen LogP contribution in [0, 0.1) is 0 Å². The Kier molecular flexibility index (Phi) is 18.7. The Morgan fingerprint density at radius 1 is 0.857 bits per heavy atom. The van der Waals surface area contributed by atoms with Crippen LogP contribution in [0.2, 0.25) is 0 Å². The minimum absolute atomic E-state index is 0. The van der Waals surface area contributed by atoms with Crippen molar-refractivity contribution in [2.45, 2.75) is 19.4 Å². The molecule has 1 N–H and O–H groups in total. The van der Waals surface area contributed by atoms with Crippen LogP contribution in [0.5, 0.6) is 0 Å². The van der Waals surface area contributed by atoms with Gasteiger partial charge in [0, 0.05) is 31.4 Å². The van der Waals surface area contributed by atoms with Crippen LogP contribution < -0.4 is 5.32 Å². The summed E-state index contributed by atoms with van der Waals surface area (Å²) in [6, 6.07) is 10.6. The lowest BCUT2D eigenvalue weighted by molar-refractivity contribution is 0.275. The molecule has 1 aromatic rings. The Bertz CT molecular complexity index is 312. The summed E-state index contributed by atoms with van der Waals surface area (Å²) in [4.78, 5) is 2.42. The number of benzene rings is 1. The average molecular weight is 376 g/mol. The van der Waals surface area contributed by atoms with Crippen molar-refractivity contribution in [2.75, 3.05) is 37.9 Å². The van der Waals surface area contributed by atoms with E-state index in [0.29, 0.717) is 11.8 Å². The van der Waals surface area contributed by atoms with Crippen LogP contribution in [-0.2, 0) is 6.54 Å². The Morgan fingerprint density at radius 3 is 2.19 bits per heavy atom. The zero-order chi connectivity index (χ0) is 13.8. The lowest BCUT2D eigenvalue weighted by atomic mass is 10.2. The molecule has 0 bridgehead atoms. The van der Waals surface area contributed by atoms with Crippen molar-refractivity contribution in [3.63, 3.8) is 0 Å². The topological polar surface area (TPSA) is 15.3 Å². The molecule has 0 aliphatic carbocycles. The van der Waals surface area contributed by atoms with Gasteiger partial charge in [-0.05, 0) is 31.5 Å². The third-order valence-corrected chi connectivity index (χ3v) is 3.36. The molecule has 0 saturated heterocycles. The van der Waals surface area contributed by atoms with Gasteiger partial charge < -0.3 is 5.32 Å². The molecule has 0 atom stereocenters. The number of nitrogens with zero attached hydrogens (tertiary/aromatic N) is 1. The number of alkyl halides is 2. The predicted octanol–water partition coefficient (Wildman–Crippen LogP) is 4.18. The predicted molar refractivity (Wildman–Crippen MR) is 99.8 cm³/mol. The highest BCUT2D eigenvalue weighted by atomic mass is 35.5. The van der Waals surface area contributed by atoms with E-state index < -0.39 is 0 Å². The second-order valence-electron chi connectivity index (χ2n) is 4.60. The molecule has 0 amide bonds. The fourth-order valence-electron chi connectivity index (χ4n) is 2.01. The average Bonchev–Trinajstić information content (AvgIpc) is 2.44. The van der Waals surface area contributed by atoms with Gasteiger partial charge in [-0.3, -0.25) is 4.90 Å². The van der Waals surface area contributed by atoms with Gasteiger partial charge in [0.15, 0.2) is 0 Å². The molecule has 0 radical (unpaired) electrons. The molecular formula is C15H26Cl4N2. The molecule has 0 aliphatic heterocycles. The van der Waals surface area contributed by atoms with E-state index >= 15 is 0 Å². The zero-order valence-corrected chi connectivity index (χ0v) is 15.4. The van der Waals surface area contributed by atoms with Gasteiger partial charge in [0.25, 0.3) is 0 Å². The fraction of sp³-hybridized carbons (Fsp3) is 0.600. The third-order valence-electron chi connectivity index (χ3n) is 3.00. The number of halogens is 4. The first kappa shape index (κ1) is 23.6. The van der Waals surface area contributed by atoms with Gasteiger partial charge in [0.2, 0.25) is 0 Å². The highest BCUT2D eigenvalue weighted by molar-refractivity contribution is 6.18. The second-order valence-corrected chi connectivity index (χ2v) is 5.35. The molecule has 1 rings (SSSR count). The highest BCUT2D eigenvalue weighted by Gasteiger charge is 2.04. The number of unbranched alkanes of at least 4 members (excludes halogenated alkanes) is 1. The highest BCUT2D eigenvalue weighted by Crippen LogP contribution is 2.06. The Labute approximate surface area is 151 Å². The van der Waals surface area contributed by atoms with Crippen molar-refractivity contribution in [1.82, 2.24) is 10.2 Å². The van der Waals surface area contributed by atoms with Crippen LogP contribution in [0.4, 0.5) is 0 Å². The minimum atomic E-state index is 0. The standard InChI is InChI=1S/C15H24Cl2N2.2ClH/c16-8-11-18-10-4-5-12-19(13-9-17)14-15-6-2-1-3-7-15;;/h1-3,6-7,18H,4-5,8-14H2;2*1H. The summed E-state index contributed by atoms with van der Waals surface area (Å²) < 4.78 is 0. The molecule has 0 unspecified atom stereocenters. The van der Waals surface area contributed by atoms with Gasteiger partial charge in [-0.1, -0.05) is 30.3 Å². The van der Waals surface area contributed by atoms with Crippen molar-refractivity contribution in [1.29, 1.82) is 0 Å². The SMILES string of the molecule is Cl.Cl.ClCCNCCCCN(CCCl)Cc1ccccc1. The van der Waals surface area contributed by atoms with Gasteiger partial charge in [-0.2, -0.15) is 0 Å². The van der Waals surface area contributed by atoms with Gasteiger partial charge in [0.05, 0.1) is 0 Å². The Hall–Kier alpha value is 0.300. The molecule has 1 aromatic carbocycles. The maximum atomic E-state index is 5.88. The van der Waals surface area contributed by atoms with Crippen molar-refractivity contribution < 1.29 is 0 Å². The fourth-order valence-corrected chi connectivity index (χ4v) is 2.38. The molecular weight excluding hydrogens is 350 g/mol. The van der Waals surface area contributed by atoms with Crippen molar-refractivity contribution in [2.24, 2.45) is 0 Å². The van der Waals surface area contributed by atoms with Crippen LogP contribution in [-0.4, -0.2) is 42.8 Å². The summed E-state index contributed by atoms with van der Waals surface area (Å²) >= 11 is 11.5. The molecule has 2 nitrogen and oxygen atoms in total. The van der Waals surface area contributed by atoms with E-state index in [-0.39, 0.29) is 24.8 Å². The van der Waals surface area contributed by atoms with E-state index in [1.54, 1.807) is 0 Å². The van der Waals surface area contributed by atoms with Gasteiger partial charge in [0.1, 0.15) is 0 Å². The maximum Gasteiger partial charge on any atom is 0.0351 e. The van der Waals surface area contributed by atoms with Gasteiger partial charge in [-0.25, -0.2) is 0 Å². The first-order chi connectivity index (χ1) is 9.36. The summed E-state index contributed by atoms with van der Waals surface area (Å²) in [5.74, 6) is 1.38. The Morgan fingerprint density at radius 2 is 1.57 bits per heavy atom. The van der Waals surface area contributed by atoms with E-state index in [1.165, 1.54) is 18.4 Å². The second kappa shape index (κ2) is 16.7. The zero-order valence-electron chi connectivity index (χ0n) is 12.3. The first-order valence-corrected chi connectivity index (χ1v) is 8.02. The molecule has 0 aliphatic rings. The molecule has 124 valence electrons. The molecule has 21 heavy (non-hydrogen) atoms. The summed E-state index contributed by atoms with van der Waals surface area (Å²) in [5, 5.41) is 3.31. The molecule has 0 aromatic heterocycles. The van der Waals surface area contributed by atoms with Crippen LogP contribution in [0.3, 0.4) is 0 Å². The van der Waals surface area contributed by atoms with E-state index in [2.05, 4.69) is 40.5 Å². The summed E-state index contributed by atoms with van der Waals surface area (Å²) in [5.41, 5.74) is 1.35. The molecule has 0 heterocycles. The van der Waals surface area contributed by atoms with E-state index in [0.717, 1.165) is 32.7 Å². The van der Waals surface area contributed by atoms with E-state index in [1.807, 2.05) is 0 Å². The molecule has 0 saturated carbocycles.